The third kappa shape index (κ3) is 17.3. The fourth-order valence-corrected chi connectivity index (χ4v) is 5.09. The van der Waals surface area contributed by atoms with Gasteiger partial charge in [-0.3, -0.25) is 0 Å². The van der Waals surface area contributed by atoms with E-state index in [0.717, 1.165) is 6.54 Å². The molecule has 0 saturated carbocycles. The van der Waals surface area contributed by atoms with Crippen LogP contribution in [-0.4, -0.2) is 0 Å². The molecule has 1 heteroatoms. The molecule has 0 amide bonds. The Morgan fingerprint density at radius 3 is 1.27 bits per heavy atom. The first-order valence-electron chi connectivity index (χ1n) is 15.3. The molecule has 0 spiro atoms. The SMILES string of the molecule is CCCCCCCCCCCCc1cc[n+](CCC)cc1CCCCCCCCCCCC. The van der Waals surface area contributed by atoms with Crippen LogP contribution >= 0.6 is 0 Å². The third-order valence-electron chi connectivity index (χ3n) is 7.28. The summed E-state index contributed by atoms with van der Waals surface area (Å²) < 4.78 is 2.42. The van der Waals surface area contributed by atoms with Crippen molar-refractivity contribution in [1.29, 1.82) is 0 Å². The molecule has 0 aliphatic rings. The number of pyridine rings is 1. The summed E-state index contributed by atoms with van der Waals surface area (Å²) >= 11 is 0. The summed E-state index contributed by atoms with van der Waals surface area (Å²) in [5.41, 5.74) is 3.28. The molecule has 1 aromatic heterocycles. The predicted molar refractivity (Wildman–Crippen MR) is 148 cm³/mol. The smallest absolute Gasteiger partial charge is 0.172 e. The van der Waals surface area contributed by atoms with E-state index in [2.05, 4.69) is 43.8 Å². The Kier molecular flexibility index (Phi) is 21.0. The molecule has 0 bridgehead atoms. The second-order valence-electron chi connectivity index (χ2n) is 10.6. The summed E-state index contributed by atoms with van der Waals surface area (Å²) in [7, 11) is 0. The number of nitrogens with zero attached hydrogens (tertiary/aromatic N) is 1. The van der Waals surface area contributed by atoms with Crippen LogP contribution in [0.4, 0.5) is 0 Å². The molecular weight excluding hydrogens is 398 g/mol. The lowest BCUT2D eigenvalue weighted by Crippen LogP contribution is -2.33. The molecule has 1 nitrogen and oxygen atoms in total. The monoisotopic (exact) mass is 458 g/mol. The van der Waals surface area contributed by atoms with Gasteiger partial charge in [-0.25, -0.2) is 4.57 Å². The van der Waals surface area contributed by atoms with Crippen molar-refractivity contribution < 1.29 is 4.57 Å². The molecule has 0 radical (unpaired) electrons. The number of aromatic nitrogens is 1. The van der Waals surface area contributed by atoms with Gasteiger partial charge in [-0.1, -0.05) is 136 Å². The lowest BCUT2D eigenvalue weighted by atomic mass is 9.97. The average molecular weight is 459 g/mol. The zero-order valence-corrected chi connectivity index (χ0v) is 23.1. The van der Waals surface area contributed by atoms with Crippen LogP contribution in [0.1, 0.15) is 167 Å². The van der Waals surface area contributed by atoms with E-state index in [1.807, 2.05) is 0 Å². The topological polar surface area (TPSA) is 3.88 Å². The zero-order chi connectivity index (χ0) is 23.8. The molecule has 0 atom stereocenters. The van der Waals surface area contributed by atoms with E-state index in [4.69, 9.17) is 0 Å². The van der Waals surface area contributed by atoms with Gasteiger partial charge in [0.25, 0.3) is 0 Å². The van der Waals surface area contributed by atoms with Crippen molar-refractivity contribution in [2.45, 2.75) is 175 Å². The minimum Gasteiger partial charge on any atom is -0.205 e. The highest BCUT2D eigenvalue weighted by Gasteiger charge is 2.09. The highest BCUT2D eigenvalue weighted by molar-refractivity contribution is 5.21. The van der Waals surface area contributed by atoms with Crippen LogP contribution < -0.4 is 4.57 Å². The molecule has 1 aromatic rings. The molecule has 1 heterocycles. The van der Waals surface area contributed by atoms with Gasteiger partial charge in [0, 0.05) is 18.1 Å². The Bertz CT molecular complexity index is 535. The van der Waals surface area contributed by atoms with E-state index >= 15 is 0 Å². The fraction of sp³-hybridized carbons (Fsp3) is 0.844. The van der Waals surface area contributed by atoms with Crippen molar-refractivity contribution in [3.63, 3.8) is 0 Å². The quantitative estimate of drug-likeness (QED) is 0.107. The maximum Gasteiger partial charge on any atom is 0.172 e. The zero-order valence-electron chi connectivity index (χ0n) is 23.1. The summed E-state index contributed by atoms with van der Waals surface area (Å²) in [6.45, 7) is 8.05. The lowest BCUT2D eigenvalue weighted by molar-refractivity contribution is -0.697. The average Bonchev–Trinajstić information content (AvgIpc) is 2.82. The fourth-order valence-electron chi connectivity index (χ4n) is 5.09. The molecule has 0 aliphatic carbocycles. The summed E-state index contributed by atoms with van der Waals surface area (Å²) in [6.07, 6.45) is 37.1. The first-order valence-corrected chi connectivity index (χ1v) is 15.3. The minimum absolute atomic E-state index is 1.16. The van der Waals surface area contributed by atoms with Crippen molar-refractivity contribution >= 4 is 0 Å². The van der Waals surface area contributed by atoms with Crippen LogP contribution in [0.15, 0.2) is 18.5 Å². The van der Waals surface area contributed by atoms with E-state index < -0.39 is 0 Å². The van der Waals surface area contributed by atoms with Crippen molar-refractivity contribution in [3.8, 4) is 0 Å². The third-order valence-corrected chi connectivity index (χ3v) is 7.28. The standard InChI is InChI=1S/C32H60N/c1-4-7-9-11-13-15-17-19-21-23-25-31-27-29-33(28-6-3)30-32(31)26-24-22-20-18-16-14-12-10-8-5-2/h27,29-30H,4-26,28H2,1-3H3/q+1. The number of rotatable bonds is 24. The van der Waals surface area contributed by atoms with Crippen LogP contribution in [0.2, 0.25) is 0 Å². The van der Waals surface area contributed by atoms with Gasteiger partial charge in [-0.2, -0.15) is 0 Å². The summed E-state index contributed by atoms with van der Waals surface area (Å²) in [6, 6.07) is 2.44. The predicted octanol–water partition coefficient (Wildman–Crippen LogP) is 10.3. The van der Waals surface area contributed by atoms with Crippen LogP contribution in [0, 0.1) is 0 Å². The summed E-state index contributed by atoms with van der Waals surface area (Å²) in [4.78, 5) is 0. The molecule has 33 heavy (non-hydrogen) atoms. The van der Waals surface area contributed by atoms with Gasteiger partial charge in [0.2, 0.25) is 0 Å². The first-order chi connectivity index (χ1) is 16.3. The molecule has 0 aromatic carbocycles. The first kappa shape index (κ1) is 30.2. The minimum atomic E-state index is 1.16. The molecule has 0 saturated heterocycles. The van der Waals surface area contributed by atoms with Gasteiger partial charge >= 0.3 is 0 Å². The van der Waals surface area contributed by atoms with Gasteiger partial charge < -0.3 is 0 Å². The Hall–Kier alpha value is -0.850. The molecule has 0 unspecified atom stereocenters. The Balaban J connectivity index is 2.23. The lowest BCUT2D eigenvalue weighted by Gasteiger charge is -2.09. The largest absolute Gasteiger partial charge is 0.205 e. The highest BCUT2D eigenvalue weighted by Crippen LogP contribution is 2.17. The van der Waals surface area contributed by atoms with E-state index in [1.54, 1.807) is 11.1 Å². The van der Waals surface area contributed by atoms with E-state index in [0.29, 0.717) is 0 Å². The number of unbranched alkanes of at least 4 members (excludes halogenated alkanes) is 18. The Labute approximate surface area is 209 Å². The molecule has 0 N–H and O–H groups in total. The highest BCUT2D eigenvalue weighted by atomic mass is 14.9. The summed E-state index contributed by atoms with van der Waals surface area (Å²) in [5, 5.41) is 0. The van der Waals surface area contributed by atoms with Crippen LogP contribution in [0.25, 0.3) is 0 Å². The van der Waals surface area contributed by atoms with Gasteiger partial charge in [0.05, 0.1) is 0 Å². The van der Waals surface area contributed by atoms with Crippen LogP contribution in [0.3, 0.4) is 0 Å². The molecular formula is C32H60N+. The maximum atomic E-state index is 2.48. The van der Waals surface area contributed by atoms with Crippen molar-refractivity contribution in [2.75, 3.05) is 0 Å². The van der Waals surface area contributed by atoms with Crippen molar-refractivity contribution in [1.82, 2.24) is 0 Å². The van der Waals surface area contributed by atoms with Crippen LogP contribution in [-0.2, 0) is 19.4 Å². The van der Waals surface area contributed by atoms with Gasteiger partial charge in [0.1, 0.15) is 6.54 Å². The van der Waals surface area contributed by atoms with E-state index in [1.165, 1.54) is 148 Å². The summed E-state index contributed by atoms with van der Waals surface area (Å²) in [5.74, 6) is 0. The number of hydrogen-bond acceptors (Lipinski definition) is 0. The number of aryl methyl sites for hydroxylation is 3. The molecule has 0 aliphatic heterocycles. The second-order valence-corrected chi connectivity index (χ2v) is 10.6. The number of hydrogen-bond donors (Lipinski definition) is 0. The van der Waals surface area contributed by atoms with Gasteiger partial charge in [-0.15, -0.1) is 0 Å². The van der Waals surface area contributed by atoms with Crippen LogP contribution in [0.5, 0.6) is 0 Å². The van der Waals surface area contributed by atoms with E-state index in [-0.39, 0.29) is 0 Å². The molecule has 0 fully saturated rings. The van der Waals surface area contributed by atoms with Gasteiger partial charge in [0.15, 0.2) is 12.4 Å². The Morgan fingerprint density at radius 1 is 0.455 bits per heavy atom. The van der Waals surface area contributed by atoms with Crippen molar-refractivity contribution in [2.24, 2.45) is 0 Å². The molecule has 192 valence electrons. The molecule has 1 rings (SSSR count). The normalized spacial score (nSPS) is 11.4. The second kappa shape index (κ2) is 22.9. The van der Waals surface area contributed by atoms with Gasteiger partial charge in [-0.05, 0) is 31.2 Å². The maximum absolute atomic E-state index is 2.48. The van der Waals surface area contributed by atoms with Crippen molar-refractivity contribution in [3.05, 3.63) is 29.6 Å². The van der Waals surface area contributed by atoms with E-state index in [9.17, 15) is 0 Å². The Morgan fingerprint density at radius 2 is 0.848 bits per heavy atom.